The zero-order valence-corrected chi connectivity index (χ0v) is 11.8. The van der Waals surface area contributed by atoms with E-state index in [-0.39, 0.29) is 12.1 Å². The number of hydrogen-bond acceptors (Lipinski definition) is 3. The van der Waals surface area contributed by atoms with Crippen molar-refractivity contribution in [1.29, 1.82) is 0 Å². The van der Waals surface area contributed by atoms with Gasteiger partial charge in [0.15, 0.2) is 0 Å². The first-order chi connectivity index (χ1) is 8.97. The molecule has 3 heteroatoms. The zero-order chi connectivity index (χ0) is 13.9. The molecule has 0 bridgehead atoms. The topological polar surface area (TPSA) is 52.3 Å². The molecular formula is C16H23NO2. The molecule has 0 unspecified atom stereocenters. The Balaban J connectivity index is 1.85. The lowest BCUT2D eigenvalue weighted by Crippen LogP contribution is -2.44. The molecule has 1 saturated carbocycles. The molecule has 2 N–H and O–H groups in total. The van der Waals surface area contributed by atoms with Crippen LogP contribution in [0.1, 0.15) is 51.0 Å². The van der Waals surface area contributed by atoms with Gasteiger partial charge in [0.25, 0.3) is 0 Å². The Morgan fingerprint density at radius 3 is 2.26 bits per heavy atom. The van der Waals surface area contributed by atoms with Crippen LogP contribution in [0.3, 0.4) is 0 Å². The monoisotopic (exact) mass is 261 g/mol. The van der Waals surface area contributed by atoms with Gasteiger partial charge in [-0.05, 0) is 51.0 Å². The quantitative estimate of drug-likeness (QED) is 0.851. The first-order valence-corrected chi connectivity index (χ1v) is 7.01. The maximum Gasteiger partial charge on any atom is 0.325 e. The third-order valence-corrected chi connectivity index (χ3v) is 3.74. The van der Waals surface area contributed by atoms with Gasteiger partial charge in [0.1, 0.15) is 11.6 Å². The second kappa shape index (κ2) is 5.74. The number of nitrogens with two attached hydrogens (primary N) is 1. The van der Waals surface area contributed by atoms with Crippen LogP contribution >= 0.6 is 0 Å². The summed E-state index contributed by atoms with van der Waals surface area (Å²) in [6.45, 7) is 3.37. The Labute approximate surface area is 115 Å². The fourth-order valence-corrected chi connectivity index (χ4v) is 2.54. The van der Waals surface area contributed by atoms with E-state index in [4.69, 9.17) is 10.5 Å². The molecule has 0 heterocycles. The number of ether oxygens (including phenoxy) is 1. The van der Waals surface area contributed by atoms with Gasteiger partial charge in [0.2, 0.25) is 0 Å². The van der Waals surface area contributed by atoms with Gasteiger partial charge in [-0.25, -0.2) is 0 Å². The van der Waals surface area contributed by atoms with Crippen molar-refractivity contribution in [3.8, 4) is 0 Å². The summed E-state index contributed by atoms with van der Waals surface area (Å²) >= 11 is 0. The Bertz CT molecular complexity index is 414. The maximum atomic E-state index is 11.7. The molecule has 0 spiro atoms. The normalized spacial score (nSPS) is 23.9. The Hall–Kier alpha value is -1.35. The molecule has 1 aromatic rings. The fourth-order valence-electron chi connectivity index (χ4n) is 2.54. The molecule has 0 atom stereocenters. The second-order valence-electron chi connectivity index (χ2n) is 6.01. The first kappa shape index (κ1) is 14.1. The molecule has 0 aromatic heterocycles. The van der Waals surface area contributed by atoms with E-state index in [0.29, 0.717) is 5.92 Å². The molecule has 0 aliphatic heterocycles. The molecule has 1 fully saturated rings. The van der Waals surface area contributed by atoms with Crippen LogP contribution in [0.5, 0.6) is 0 Å². The first-order valence-electron chi connectivity index (χ1n) is 7.01. The van der Waals surface area contributed by atoms with Crippen LogP contribution in [0.2, 0.25) is 0 Å². The van der Waals surface area contributed by atoms with E-state index in [2.05, 4.69) is 24.3 Å². The number of carbonyl (C=O) groups excluding carboxylic acids is 1. The van der Waals surface area contributed by atoms with E-state index in [1.165, 1.54) is 5.56 Å². The Kier molecular flexibility index (Phi) is 4.25. The van der Waals surface area contributed by atoms with Crippen molar-refractivity contribution in [2.75, 3.05) is 0 Å². The van der Waals surface area contributed by atoms with Gasteiger partial charge in [-0.1, -0.05) is 30.3 Å². The van der Waals surface area contributed by atoms with Gasteiger partial charge in [0, 0.05) is 0 Å². The summed E-state index contributed by atoms with van der Waals surface area (Å²) in [6, 6.07) is 10.6. The third-order valence-electron chi connectivity index (χ3n) is 3.74. The summed E-state index contributed by atoms with van der Waals surface area (Å²) in [7, 11) is 0. The minimum atomic E-state index is -0.893. The number of rotatable bonds is 3. The molecule has 0 amide bonds. The predicted octanol–water partition coefficient (Wildman–Crippen LogP) is 2.99. The lowest BCUT2D eigenvalue weighted by molar-refractivity contribution is -0.156. The number of carbonyl (C=O) groups is 1. The molecule has 2 rings (SSSR count). The third kappa shape index (κ3) is 3.80. The predicted molar refractivity (Wildman–Crippen MR) is 75.8 cm³/mol. The minimum Gasteiger partial charge on any atom is -0.461 e. The zero-order valence-electron chi connectivity index (χ0n) is 11.8. The van der Waals surface area contributed by atoms with E-state index >= 15 is 0 Å². The van der Waals surface area contributed by atoms with Crippen molar-refractivity contribution >= 4 is 5.97 Å². The number of hydrogen-bond donors (Lipinski definition) is 1. The van der Waals surface area contributed by atoms with E-state index in [9.17, 15) is 4.79 Å². The largest absolute Gasteiger partial charge is 0.461 e. The lowest BCUT2D eigenvalue weighted by Gasteiger charge is -2.30. The molecule has 3 nitrogen and oxygen atoms in total. The van der Waals surface area contributed by atoms with E-state index in [0.717, 1.165) is 25.7 Å². The highest BCUT2D eigenvalue weighted by Crippen LogP contribution is 2.34. The highest BCUT2D eigenvalue weighted by atomic mass is 16.5. The van der Waals surface area contributed by atoms with Gasteiger partial charge >= 0.3 is 5.97 Å². The van der Waals surface area contributed by atoms with Crippen molar-refractivity contribution in [2.45, 2.75) is 57.1 Å². The Morgan fingerprint density at radius 1 is 1.16 bits per heavy atom. The van der Waals surface area contributed by atoms with Crippen LogP contribution < -0.4 is 5.73 Å². The highest BCUT2D eigenvalue weighted by Gasteiger charge is 2.29. The van der Waals surface area contributed by atoms with Gasteiger partial charge in [-0.2, -0.15) is 0 Å². The Morgan fingerprint density at radius 2 is 1.74 bits per heavy atom. The molecule has 0 saturated heterocycles. The second-order valence-corrected chi connectivity index (χ2v) is 6.01. The van der Waals surface area contributed by atoms with Crippen molar-refractivity contribution in [2.24, 2.45) is 5.73 Å². The minimum absolute atomic E-state index is 0.0373. The number of benzene rings is 1. The van der Waals surface area contributed by atoms with E-state index < -0.39 is 5.54 Å². The van der Waals surface area contributed by atoms with Gasteiger partial charge in [-0.15, -0.1) is 0 Å². The summed E-state index contributed by atoms with van der Waals surface area (Å²) in [4.78, 5) is 11.7. The SMILES string of the molecule is CC(C)(N)C(=O)OC1CCC(c2ccccc2)CC1. The van der Waals surface area contributed by atoms with Gasteiger partial charge < -0.3 is 10.5 Å². The molecular weight excluding hydrogens is 238 g/mol. The number of esters is 1. The van der Waals surface area contributed by atoms with Crippen LogP contribution in [0.25, 0.3) is 0 Å². The smallest absolute Gasteiger partial charge is 0.325 e. The van der Waals surface area contributed by atoms with Crippen LogP contribution in [-0.4, -0.2) is 17.6 Å². The summed E-state index contributed by atoms with van der Waals surface area (Å²) in [5.41, 5.74) is 6.24. The van der Waals surface area contributed by atoms with Crippen LogP contribution in [-0.2, 0) is 9.53 Å². The average molecular weight is 261 g/mol. The standard InChI is InChI=1S/C16H23NO2/c1-16(2,17)15(18)19-14-10-8-13(9-11-14)12-6-4-3-5-7-12/h3-7,13-14H,8-11,17H2,1-2H3. The van der Waals surface area contributed by atoms with Gasteiger partial charge in [0.05, 0.1) is 0 Å². The molecule has 19 heavy (non-hydrogen) atoms. The van der Waals surface area contributed by atoms with Crippen molar-refractivity contribution < 1.29 is 9.53 Å². The van der Waals surface area contributed by atoms with Gasteiger partial charge in [-0.3, -0.25) is 4.79 Å². The van der Waals surface area contributed by atoms with Crippen LogP contribution in [0.4, 0.5) is 0 Å². The lowest BCUT2D eigenvalue weighted by atomic mass is 9.83. The van der Waals surface area contributed by atoms with Crippen molar-refractivity contribution in [3.05, 3.63) is 35.9 Å². The van der Waals surface area contributed by atoms with E-state index in [1.54, 1.807) is 13.8 Å². The molecule has 1 aliphatic rings. The highest BCUT2D eigenvalue weighted by molar-refractivity contribution is 5.79. The summed E-state index contributed by atoms with van der Waals surface area (Å²) < 4.78 is 5.48. The average Bonchev–Trinajstić information content (AvgIpc) is 2.39. The molecule has 104 valence electrons. The summed E-state index contributed by atoms with van der Waals surface area (Å²) in [5.74, 6) is 0.303. The van der Waals surface area contributed by atoms with Crippen molar-refractivity contribution in [1.82, 2.24) is 0 Å². The van der Waals surface area contributed by atoms with E-state index in [1.807, 2.05) is 6.07 Å². The molecule has 1 aromatic carbocycles. The van der Waals surface area contributed by atoms with Crippen LogP contribution in [0.15, 0.2) is 30.3 Å². The summed E-state index contributed by atoms with van der Waals surface area (Å²) in [6.07, 6.45) is 4.05. The molecule has 0 radical (unpaired) electrons. The van der Waals surface area contributed by atoms with Crippen molar-refractivity contribution in [3.63, 3.8) is 0 Å². The van der Waals surface area contributed by atoms with Crippen LogP contribution in [0, 0.1) is 0 Å². The fraction of sp³-hybridized carbons (Fsp3) is 0.562. The maximum absolute atomic E-state index is 11.7. The summed E-state index contributed by atoms with van der Waals surface area (Å²) in [5, 5.41) is 0. The molecule has 1 aliphatic carbocycles.